The summed E-state index contributed by atoms with van der Waals surface area (Å²) in [6.45, 7) is 4.05. The number of hydrogen-bond acceptors (Lipinski definition) is 1. The van der Waals surface area contributed by atoms with Crippen LogP contribution in [0.15, 0.2) is 0 Å². The van der Waals surface area contributed by atoms with E-state index in [0.29, 0.717) is 0 Å². The third kappa shape index (κ3) is 4.36. The minimum atomic E-state index is -0.153. The molecule has 2 nitrogen and oxygen atoms in total. The summed E-state index contributed by atoms with van der Waals surface area (Å²) in [6, 6.07) is 0. The number of rotatable bonds is 4. The normalized spacial score (nSPS) is 11.8. The maximum atomic E-state index is 10.5. The number of amides is 1. The molecule has 2 heteroatoms. The largest absolute Gasteiger partial charge is 0.369 e. The molecule has 1 unspecified atom stereocenters. The summed E-state index contributed by atoms with van der Waals surface area (Å²) in [5.41, 5.74) is 5.09. The van der Waals surface area contributed by atoms with Gasteiger partial charge in [-0.3, -0.25) is 4.79 Å². The maximum absolute atomic E-state index is 10.5. The summed E-state index contributed by atoms with van der Waals surface area (Å²) in [4.78, 5) is 10.5. The van der Waals surface area contributed by atoms with E-state index in [9.17, 15) is 4.79 Å². The highest BCUT2D eigenvalue weighted by Crippen LogP contribution is 2.08. The zero-order valence-corrected chi connectivity index (χ0v) is 6.18. The molecule has 0 radical (unpaired) electrons. The molecule has 1 amide bonds. The second-order valence-corrected chi connectivity index (χ2v) is 2.30. The highest BCUT2D eigenvalue weighted by Gasteiger charge is 2.09. The smallest absolute Gasteiger partial charge is 0.220 e. The Kier molecular flexibility index (Phi) is 8.02. The van der Waals surface area contributed by atoms with Crippen LogP contribution >= 0.6 is 0 Å². The first-order chi connectivity index (χ1) is 4.22. The lowest BCUT2D eigenvalue weighted by Gasteiger charge is -2.06. The topological polar surface area (TPSA) is 43.1 Å². The summed E-state index contributed by atoms with van der Waals surface area (Å²) in [7, 11) is 0. The number of primary amides is 1. The van der Waals surface area contributed by atoms with Crippen molar-refractivity contribution in [1.29, 1.82) is 0 Å². The SMILES string of the molecule is C.CCCC(CC)C(N)=O. The molecule has 0 fully saturated rings. The van der Waals surface area contributed by atoms with Crippen molar-refractivity contribution in [2.24, 2.45) is 11.7 Å². The molecule has 0 rings (SSSR count). The highest BCUT2D eigenvalue weighted by atomic mass is 16.1. The van der Waals surface area contributed by atoms with E-state index in [1.807, 2.05) is 6.92 Å². The van der Waals surface area contributed by atoms with E-state index < -0.39 is 0 Å². The van der Waals surface area contributed by atoms with Crippen molar-refractivity contribution in [1.82, 2.24) is 0 Å². The van der Waals surface area contributed by atoms with E-state index >= 15 is 0 Å². The van der Waals surface area contributed by atoms with E-state index in [1.165, 1.54) is 0 Å². The number of nitrogens with two attached hydrogens (primary N) is 1. The van der Waals surface area contributed by atoms with Gasteiger partial charge in [-0.2, -0.15) is 0 Å². The molecule has 0 spiro atoms. The van der Waals surface area contributed by atoms with Crippen molar-refractivity contribution >= 4 is 5.91 Å². The Bertz CT molecular complexity index is 91.3. The first-order valence-electron chi connectivity index (χ1n) is 3.51. The van der Waals surface area contributed by atoms with Crippen molar-refractivity contribution in [2.75, 3.05) is 0 Å². The Labute approximate surface area is 63.8 Å². The molecule has 0 heterocycles. The quantitative estimate of drug-likeness (QED) is 0.645. The second kappa shape index (κ2) is 6.59. The first kappa shape index (κ1) is 12.2. The van der Waals surface area contributed by atoms with Crippen LogP contribution < -0.4 is 5.73 Å². The van der Waals surface area contributed by atoms with Gasteiger partial charge in [0.15, 0.2) is 0 Å². The molecule has 0 aliphatic heterocycles. The van der Waals surface area contributed by atoms with Gasteiger partial charge in [0.2, 0.25) is 5.91 Å². The van der Waals surface area contributed by atoms with Gasteiger partial charge in [0.1, 0.15) is 0 Å². The molecule has 0 aromatic rings. The third-order valence-electron chi connectivity index (χ3n) is 1.53. The molecular weight excluding hydrogens is 126 g/mol. The lowest BCUT2D eigenvalue weighted by Crippen LogP contribution is -2.22. The minimum absolute atomic E-state index is 0. The molecule has 0 aliphatic rings. The van der Waals surface area contributed by atoms with Crippen LogP contribution in [0.2, 0.25) is 0 Å². The number of hydrogen-bond donors (Lipinski definition) is 1. The monoisotopic (exact) mass is 145 g/mol. The van der Waals surface area contributed by atoms with Crippen molar-refractivity contribution in [2.45, 2.75) is 40.5 Å². The van der Waals surface area contributed by atoms with Crippen LogP contribution in [0.5, 0.6) is 0 Å². The lowest BCUT2D eigenvalue weighted by molar-refractivity contribution is -0.122. The predicted octanol–water partition coefficient (Wildman–Crippen LogP) is 1.93. The van der Waals surface area contributed by atoms with Gasteiger partial charge in [0.25, 0.3) is 0 Å². The van der Waals surface area contributed by atoms with Crippen molar-refractivity contribution in [3.05, 3.63) is 0 Å². The van der Waals surface area contributed by atoms with Gasteiger partial charge < -0.3 is 5.73 Å². The Balaban J connectivity index is 0. The van der Waals surface area contributed by atoms with Crippen molar-refractivity contribution < 1.29 is 4.79 Å². The van der Waals surface area contributed by atoms with E-state index in [0.717, 1.165) is 19.3 Å². The van der Waals surface area contributed by atoms with E-state index in [2.05, 4.69) is 6.92 Å². The van der Waals surface area contributed by atoms with Gasteiger partial charge in [-0.25, -0.2) is 0 Å². The fraction of sp³-hybridized carbons (Fsp3) is 0.875. The van der Waals surface area contributed by atoms with Gasteiger partial charge in [-0.1, -0.05) is 27.7 Å². The highest BCUT2D eigenvalue weighted by molar-refractivity contribution is 5.76. The zero-order chi connectivity index (χ0) is 7.28. The molecule has 10 heavy (non-hydrogen) atoms. The molecule has 0 aromatic heterocycles. The van der Waals surface area contributed by atoms with Crippen LogP contribution in [0.1, 0.15) is 40.5 Å². The van der Waals surface area contributed by atoms with Crippen molar-refractivity contribution in [3.63, 3.8) is 0 Å². The summed E-state index contributed by atoms with van der Waals surface area (Å²) in [5.74, 6) is -0.0469. The molecule has 0 saturated heterocycles. The molecule has 0 aliphatic carbocycles. The van der Waals surface area contributed by atoms with Crippen LogP contribution in [0.25, 0.3) is 0 Å². The molecule has 0 saturated carbocycles. The minimum Gasteiger partial charge on any atom is -0.369 e. The average Bonchev–Trinajstić information content (AvgIpc) is 1.82. The Hall–Kier alpha value is -0.530. The Morgan fingerprint density at radius 1 is 1.50 bits per heavy atom. The summed E-state index contributed by atoms with van der Waals surface area (Å²) in [5, 5.41) is 0. The van der Waals surface area contributed by atoms with Gasteiger partial charge >= 0.3 is 0 Å². The zero-order valence-electron chi connectivity index (χ0n) is 6.18. The lowest BCUT2D eigenvalue weighted by atomic mass is 10.0. The first-order valence-corrected chi connectivity index (χ1v) is 3.51. The van der Waals surface area contributed by atoms with Crippen LogP contribution in [0.3, 0.4) is 0 Å². The van der Waals surface area contributed by atoms with E-state index in [1.54, 1.807) is 0 Å². The average molecular weight is 145 g/mol. The molecular formula is C8H19NO. The fourth-order valence-electron chi connectivity index (χ4n) is 0.896. The van der Waals surface area contributed by atoms with E-state index in [-0.39, 0.29) is 19.3 Å². The maximum Gasteiger partial charge on any atom is 0.220 e. The van der Waals surface area contributed by atoms with Crippen LogP contribution in [-0.4, -0.2) is 5.91 Å². The predicted molar refractivity (Wildman–Crippen MR) is 44.6 cm³/mol. The summed E-state index contributed by atoms with van der Waals surface area (Å²) >= 11 is 0. The standard InChI is InChI=1S/C7H15NO.CH4/c1-3-5-6(4-2)7(8)9;/h6H,3-5H2,1-2H3,(H2,8,9);1H4. The van der Waals surface area contributed by atoms with Crippen LogP contribution in [-0.2, 0) is 4.79 Å². The Morgan fingerprint density at radius 3 is 2.10 bits per heavy atom. The molecule has 62 valence electrons. The van der Waals surface area contributed by atoms with Gasteiger partial charge in [-0.05, 0) is 12.8 Å². The molecule has 1 atom stereocenters. The molecule has 0 bridgehead atoms. The summed E-state index contributed by atoms with van der Waals surface area (Å²) in [6.07, 6.45) is 2.86. The number of carbonyl (C=O) groups excluding carboxylic acids is 1. The molecule has 2 N–H and O–H groups in total. The summed E-state index contributed by atoms with van der Waals surface area (Å²) < 4.78 is 0. The van der Waals surface area contributed by atoms with Crippen LogP contribution in [0.4, 0.5) is 0 Å². The fourth-order valence-corrected chi connectivity index (χ4v) is 0.896. The second-order valence-electron chi connectivity index (χ2n) is 2.30. The van der Waals surface area contributed by atoms with Crippen molar-refractivity contribution in [3.8, 4) is 0 Å². The third-order valence-corrected chi connectivity index (χ3v) is 1.53. The number of carbonyl (C=O) groups is 1. The van der Waals surface area contributed by atoms with Gasteiger partial charge in [-0.15, -0.1) is 0 Å². The van der Waals surface area contributed by atoms with Crippen LogP contribution in [0, 0.1) is 5.92 Å². The Morgan fingerprint density at radius 2 is 2.00 bits per heavy atom. The molecule has 0 aromatic carbocycles. The van der Waals surface area contributed by atoms with Gasteiger partial charge in [0, 0.05) is 5.92 Å². The van der Waals surface area contributed by atoms with Gasteiger partial charge in [0.05, 0.1) is 0 Å². The van der Waals surface area contributed by atoms with E-state index in [4.69, 9.17) is 5.73 Å².